The number of amides is 1. The van der Waals surface area contributed by atoms with Crippen LogP contribution in [0.2, 0.25) is 0 Å². The van der Waals surface area contributed by atoms with Crippen molar-refractivity contribution in [2.75, 3.05) is 13.2 Å². The van der Waals surface area contributed by atoms with Crippen molar-refractivity contribution < 1.29 is 23.0 Å². The van der Waals surface area contributed by atoms with Gasteiger partial charge >= 0.3 is 10.0 Å². The van der Waals surface area contributed by atoms with Crippen LogP contribution in [0.1, 0.15) is 49.4 Å². The van der Waals surface area contributed by atoms with Crippen molar-refractivity contribution in [3.05, 3.63) is 40.5 Å². The molecule has 0 radical (unpaired) electrons. The highest BCUT2D eigenvalue weighted by Gasteiger charge is 2.35. The van der Waals surface area contributed by atoms with E-state index in [0.29, 0.717) is 31.7 Å². The number of carbonyl (C=O) groups is 1. The predicted molar refractivity (Wildman–Crippen MR) is 103 cm³/mol. The van der Waals surface area contributed by atoms with Crippen LogP contribution in [0.15, 0.2) is 18.2 Å². The van der Waals surface area contributed by atoms with Gasteiger partial charge < -0.3 is 9.47 Å². The average molecular weight is 477 g/mol. The maximum Gasteiger partial charge on any atom is 0.410 e. The van der Waals surface area contributed by atoms with Crippen molar-refractivity contribution >= 4 is 34.3 Å². The lowest BCUT2D eigenvalue weighted by Gasteiger charge is -2.24. The van der Waals surface area contributed by atoms with E-state index in [1.54, 1.807) is 31.7 Å². The van der Waals surface area contributed by atoms with Crippen LogP contribution in [-0.4, -0.2) is 29.8 Å². The van der Waals surface area contributed by atoms with E-state index >= 15 is 0 Å². The second-order valence-corrected chi connectivity index (χ2v) is 8.91. The molecule has 0 saturated carbocycles. The molecule has 2 aliphatic rings. The maximum absolute atomic E-state index is 14.2. The molecule has 0 fully saturated rings. The van der Waals surface area contributed by atoms with Gasteiger partial charge in [0.25, 0.3) is 0 Å². The number of alkyl halides is 3. The van der Waals surface area contributed by atoms with E-state index in [9.17, 15) is 13.6 Å². The van der Waals surface area contributed by atoms with Crippen LogP contribution >= 0.6 is 22.6 Å². The lowest BCUT2D eigenvalue weighted by Crippen LogP contribution is -2.33. The number of carbonyl (C=O) groups excluding carboxylic acids is 1. The quantitative estimate of drug-likeness (QED) is 0.433. The van der Waals surface area contributed by atoms with E-state index in [0.717, 1.165) is 16.7 Å². The number of rotatable bonds is 2. The van der Waals surface area contributed by atoms with Crippen LogP contribution in [0.25, 0.3) is 5.57 Å². The number of hydrogen-bond acceptors (Lipinski definition) is 3. The molecule has 3 rings (SSSR count). The highest BCUT2D eigenvalue weighted by Crippen LogP contribution is 2.43. The zero-order valence-corrected chi connectivity index (χ0v) is 17.2. The Balaban J connectivity index is 1.93. The number of hydrogen-bond donors (Lipinski definition) is 0. The van der Waals surface area contributed by atoms with E-state index in [1.165, 1.54) is 28.7 Å². The van der Waals surface area contributed by atoms with Crippen LogP contribution in [0.5, 0.6) is 0 Å². The molecule has 142 valence electrons. The Kier molecular flexibility index (Phi) is 5.31. The molecule has 1 aromatic rings. The summed E-state index contributed by atoms with van der Waals surface area (Å²) in [7, 11) is 0. The average Bonchev–Trinajstić information content (AvgIpc) is 2.95. The largest absolute Gasteiger partial charge is 0.444 e. The van der Waals surface area contributed by atoms with Crippen LogP contribution in [0, 0.1) is 0 Å². The molecular formula is C19H22F2INO3. The molecule has 0 N–H and O–H groups in total. The fourth-order valence-corrected chi connectivity index (χ4v) is 3.62. The molecule has 7 heteroatoms. The molecule has 0 bridgehead atoms. The Morgan fingerprint density at radius 3 is 2.42 bits per heavy atom. The summed E-state index contributed by atoms with van der Waals surface area (Å²) in [5.41, 5.74) is 2.47. The van der Waals surface area contributed by atoms with Crippen LogP contribution in [-0.2, 0) is 26.5 Å². The summed E-state index contributed by atoms with van der Waals surface area (Å²) in [6.07, 6.45) is 2.04. The van der Waals surface area contributed by atoms with Gasteiger partial charge in [0.05, 0.1) is 13.2 Å². The molecule has 1 aromatic carbocycles. The summed E-state index contributed by atoms with van der Waals surface area (Å²) in [4.78, 5) is 13.9. The molecule has 2 heterocycles. The summed E-state index contributed by atoms with van der Waals surface area (Å²) in [5, 5.41) is 0. The fourth-order valence-electron chi connectivity index (χ4n) is 3.18. The first-order valence-electron chi connectivity index (χ1n) is 8.53. The van der Waals surface area contributed by atoms with Gasteiger partial charge in [0.1, 0.15) is 5.60 Å². The number of fused-ring (bicyclic) bond motifs is 1. The maximum atomic E-state index is 14.2. The monoisotopic (exact) mass is 477 g/mol. The summed E-state index contributed by atoms with van der Waals surface area (Å²) in [6, 6.07) is 3.34. The number of nitrogens with zero attached hydrogens (tertiary/aromatic N) is 1. The first-order valence-corrected chi connectivity index (χ1v) is 9.60. The molecule has 0 aliphatic carbocycles. The Hall–Kier alpha value is -1.22. The van der Waals surface area contributed by atoms with Gasteiger partial charge in [-0.15, -0.1) is 0 Å². The second-order valence-electron chi connectivity index (χ2n) is 7.55. The first kappa shape index (κ1) is 19.5. The van der Waals surface area contributed by atoms with E-state index in [-0.39, 0.29) is 12.1 Å². The molecule has 0 atom stereocenters. The highest BCUT2D eigenvalue weighted by atomic mass is 127. The molecule has 0 unspecified atom stereocenters. The SMILES string of the molecule is CC(C)(C)OC(=O)N1Cc2cc(C3=CCOCC3)c(C(F)(F)I)cc2C1. The zero-order valence-electron chi connectivity index (χ0n) is 15.1. The molecule has 0 spiro atoms. The van der Waals surface area contributed by atoms with Gasteiger partial charge in [-0.05, 0) is 61.6 Å². The topological polar surface area (TPSA) is 38.8 Å². The van der Waals surface area contributed by atoms with Gasteiger partial charge in [0.15, 0.2) is 0 Å². The van der Waals surface area contributed by atoms with Crippen LogP contribution in [0.4, 0.5) is 13.6 Å². The molecule has 4 nitrogen and oxygen atoms in total. The van der Waals surface area contributed by atoms with Gasteiger partial charge in [-0.3, -0.25) is 4.90 Å². The lowest BCUT2D eigenvalue weighted by molar-refractivity contribution is 0.0242. The second kappa shape index (κ2) is 7.07. The Morgan fingerprint density at radius 2 is 1.88 bits per heavy atom. The normalized spacial score (nSPS) is 17.8. The number of benzene rings is 1. The standard InChI is InChI=1S/C19H22F2INO3/c1-18(2,3)26-17(24)23-10-13-8-15(12-4-6-25-7-5-12)16(19(20,21)22)9-14(13)11-23/h4,8-9H,5-7,10-11H2,1-3H3. The Bertz CT molecular complexity index is 750. The van der Waals surface area contributed by atoms with Crippen molar-refractivity contribution in [1.82, 2.24) is 4.90 Å². The smallest absolute Gasteiger partial charge is 0.410 e. The Morgan fingerprint density at radius 1 is 1.23 bits per heavy atom. The third-order valence-electron chi connectivity index (χ3n) is 4.33. The van der Waals surface area contributed by atoms with E-state index < -0.39 is 15.6 Å². The van der Waals surface area contributed by atoms with Gasteiger partial charge in [-0.2, -0.15) is 8.78 Å². The molecule has 0 aromatic heterocycles. The highest BCUT2D eigenvalue weighted by molar-refractivity contribution is 14.1. The molecule has 0 saturated heterocycles. The van der Waals surface area contributed by atoms with Crippen molar-refractivity contribution in [2.24, 2.45) is 0 Å². The molecule has 26 heavy (non-hydrogen) atoms. The zero-order chi connectivity index (χ0) is 19.1. The van der Waals surface area contributed by atoms with Crippen LogP contribution in [0.3, 0.4) is 0 Å². The Labute approximate surface area is 165 Å². The fraction of sp³-hybridized carbons (Fsp3) is 0.526. The minimum absolute atomic E-state index is 0.00367. The van der Waals surface area contributed by atoms with Crippen molar-refractivity contribution in [3.63, 3.8) is 0 Å². The molecule has 1 amide bonds. The van der Waals surface area contributed by atoms with Crippen LogP contribution < -0.4 is 0 Å². The van der Waals surface area contributed by atoms with Crippen molar-refractivity contribution in [1.29, 1.82) is 0 Å². The number of halogens is 3. The molecular weight excluding hydrogens is 455 g/mol. The van der Waals surface area contributed by atoms with Gasteiger partial charge in [-0.1, -0.05) is 6.08 Å². The summed E-state index contributed by atoms with van der Waals surface area (Å²) < 4.78 is 36.2. The van der Waals surface area contributed by atoms with E-state index in [2.05, 4.69) is 0 Å². The third kappa shape index (κ3) is 4.36. The minimum atomic E-state index is -2.99. The minimum Gasteiger partial charge on any atom is -0.444 e. The van der Waals surface area contributed by atoms with Crippen molar-refractivity contribution in [3.8, 4) is 0 Å². The van der Waals surface area contributed by atoms with Gasteiger partial charge in [0.2, 0.25) is 0 Å². The van der Waals surface area contributed by atoms with E-state index in [1.807, 2.05) is 6.08 Å². The van der Waals surface area contributed by atoms with Gasteiger partial charge in [0, 0.05) is 41.2 Å². The first-order chi connectivity index (χ1) is 12.0. The molecule has 2 aliphatic heterocycles. The summed E-state index contributed by atoms with van der Waals surface area (Å²) >= 11 is 1.17. The van der Waals surface area contributed by atoms with Gasteiger partial charge in [-0.25, -0.2) is 4.79 Å². The lowest BCUT2D eigenvalue weighted by atomic mass is 9.92. The predicted octanol–water partition coefficient (Wildman–Crippen LogP) is 5.23. The third-order valence-corrected chi connectivity index (χ3v) is 4.91. The van der Waals surface area contributed by atoms with Crippen molar-refractivity contribution in [2.45, 2.75) is 49.8 Å². The summed E-state index contributed by atoms with van der Waals surface area (Å²) in [6.45, 7) is 7.03. The van der Waals surface area contributed by atoms with E-state index in [4.69, 9.17) is 9.47 Å². The summed E-state index contributed by atoms with van der Waals surface area (Å²) in [5.74, 6) is 0. The number of ether oxygens (including phenoxy) is 2.